The van der Waals surface area contributed by atoms with Gasteiger partial charge in [-0.1, -0.05) is 37.1 Å². The van der Waals surface area contributed by atoms with Crippen LogP contribution in [-0.4, -0.2) is 80.7 Å². The van der Waals surface area contributed by atoms with Crippen LogP contribution in [-0.2, 0) is 36.9 Å². The first-order valence-corrected chi connectivity index (χ1v) is 15.5. The summed E-state index contributed by atoms with van der Waals surface area (Å²) in [4.78, 5) is 68.5. The topological polar surface area (TPSA) is 155 Å². The number of benzene rings is 1. The van der Waals surface area contributed by atoms with E-state index >= 15 is 0 Å². The van der Waals surface area contributed by atoms with Gasteiger partial charge >= 0.3 is 18.2 Å². The van der Waals surface area contributed by atoms with E-state index in [0.717, 1.165) is 19.3 Å². The SMILES string of the molecule is CC(C)(C)OC(=O)N[C@H]1CCCCCC=C[C@@H]2C[C@@]2(C(=O)O)NC(=O)[C@@H]2C[C@@H](OC(=O)N3Cc4cccc(F)c4C3)CN2C1=O. The number of allylic oxidation sites excluding steroid dienone is 1. The Hall–Kier alpha value is -4.16. The summed E-state index contributed by atoms with van der Waals surface area (Å²) in [7, 11) is 0. The average Bonchev–Trinajstić information content (AvgIpc) is 3.27. The van der Waals surface area contributed by atoms with Crippen molar-refractivity contribution < 1.29 is 42.9 Å². The first kappa shape index (κ1) is 32.2. The van der Waals surface area contributed by atoms with E-state index in [9.17, 15) is 33.5 Å². The van der Waals surface area contributed by atoms with Gasteiger partial charge in [-0.05, 0) is 58.1 Å². The standard InChI is InChI=1S/C32H41FN4O8/c1-31(2,3)45-29(42)34-24-13-8-6-4-5-7-11-20-15-32(20,28(40)41)35-26(38)25-14-21(17-37(25)27(24)39)44-30(43)36-16-19-10-9-12-23(33)22(19)18-36/h7,9-12,20-21,24-25H,4-6,8,13-18H2,1-3H3,(H,34,42)(H,35,38)(H,40,41)/t20-,21-,24+,25+,32-/m1/s1. The maximum Gasteiger partial charge on any atom is 0.410 e. The third kappa shape index (κ3) is 7.23. The third-order valence-electron chi connectivity index (χ3n) is 8.76. The fraction of sp³-hybridized carbons (Fsp3) is 0.594. The van der Waals surface area contributed by atoms with Crippen LogP contribution in [0.1, 0.15) is 76.8 Å². The van der Waals surface area contributed by atoms with Gasteiger partial charge in [-0.15, -0.1) is 0 Å². The Labute approximate surface area is 261 Å². The summed E-state index contributed by atoms with van der Waals surface area (Å²) in [6, 6.07) is 2.45. The van der Waals surface area contributed by atoms with Gasteiger partial charge in [0.25, 0.3) is 0 Å². The number of ether oxygens (including phenoxy) is 2. The van der Waals surface area contributed by atoms with Crippen molar-refractivity contribution in [2.45, 2.75) is 108 Å². The van der Waals surface area contributed by atoms with Crippen molar-refractivity contribution in [1.82, 2.24) is 20.4 Å². The largest absolute Gasteiger partial charge is 0.479 e. The Morgan fingerprint density at radius 3 is 2.62 bits per heavy atom. The van der Waals surface area contributed by atoms with Crippen molar-refractivity contribution >= 4 is 30.0 Å². The molecule has 3 aliphatic heterocycles. The van der Waals surface area contributed by atoms with Gasteiger partial charge in [-0.3, -0.25) is 14.5 Å². The number of carbonyl (C=O) groups excluding carboxylic acids is 4. The number of carbonyl (C=O) groups is 5. The minimum absolute atomic E-state index is 0.0258. The highest BCUT2D eigenvalue weighted by Crippen LogP contribution is 2.45. The van der Waals surface area contributed by atoms with E-state index in [1.54, 1.807) is 32.9 Å². The second kappa shape index (κ2) is 12.7. The lowest BCUT2D eigenvalue weighted by molar-refractivity contribution is -0.145. The van der Waals surface area contributed by atoms with Crippen molar-refractivity contribution in [3.8, 4) is 0 Å². The van der Waals surface area contributed by atoms with Crippen LogP contribution in [0.3, 0.4) is 0 Å². The fourth-order valence-electron chi connectivity index (χ4n) is 6.32. The molecule has 1 aromatic rings. The molecule has 5 atom stereocenters. The summed E-state index contributed by atoms with van der Waals surface area (Å²) < 4.78 is 25.4. The molecule has 0 spiro atoms. The van der Waals surface area contributed by atoms with E-state index in [4.69, 9.17) is 9.47 Å². The number of amides is 4. The Morgan fingerprint density at radius 2 is 1.91 bits per heavy atom. The van der Waals surface area contributed by atoms with Gasteiger partial charge in [0.2, 0.25) is 11.8 Å². The number of carboxylic acid groups (broad SMARTS) is 1. The zero-order chi connectivity index (χ0) is 32.5. The molecule has 1 aromatic carbocycles. The zero-order valence-electron chi connectivity index (χ0n) is 25.8. The molecule has 0 bridgehead atoms. The molecule has 3 heterocycles. The van der Waals surface area contributed by atoms with Gasteiger partial charge in [-0.2, -0.15) is 0 Å². The number of halogens is 1. The number of hydrogen-bond acceptors (Lipinski definition) is 7. The Morgan fingerprint density at radius 1 is 1.13 bits per heavy atom. The molecule has 2 fully saturated rings. The van der Waals surface area contributed by atoms with Gasteiger partial charge < -0.3 is 30.1 Å². The molecule has 0 radical (unpaired) electrons. The molecule has 1 aliphatic carbocycles. The quantitative estimate of drug-likeness (QED) is 0.429. The molecule has 0 unspecified atom stereocenters. The van der Waals surface area contributed by atoms with E-state index in [0.29, 0.717) is 17.5 Å². The Balaban J connectivity index is 1.37. The van der Waals surface area contributed by atoms with Crippen LogP contribution in [0.2, 0.25) is 0 Å². The smallest absolute Gasteiger partial charge is 0.410 e. The number of carboxylic acids is 1. The number of aliphatic carboxylic acids is 1. The maximum absolute atomic E-state index is 14.3. The van der Waals surface area contributed by atoms with E-state index < -0.39 is 65.1 Å². The number of hydrogen-bond donors (Lipinski definition) is 3. The highest BCUT2D eigenvalue weighted by atomic mass is 19.1. The minimum Gasteiger partial charge on any atom is -0.479 e. The normalized spacial score (nSPS) is 28.5. The first-order chi connectivity index (χ1) is 21.3. The van der Waals surface area contributed by atoms with Gasteiger partial charge in [0.1, 0.15) is 35.1 Å². The van der Waals surface area contributed by atoms with Crippen molar-refractivity contribution in [3.05, 3.63) is 47.3 Å². The molecule has 12 nitrogen and oxygen atoms in total. The molecular weight excluding hydrogens is 587 g/mol. The van der Waals surface area contributed by atoms with Gasteiger partial charge in [0.15, 0.2) is 0 Å². The molecule has 45 heavy (non-hydrogen) atoms. The van der Waals surface area contributed by atoms with E-state index in [1.165, 1.54) is 15.9 Å². The summed E-state index contributed by atoms with van der Waals surface area (Å²) in [6.07, 6.45) is 4.66. The fourth-order valence-corrected chi connectivity index (χ4v) is 6.32. The molecule has 3 N–H and O–H groups in total. The molecule has 5 rings (SSSR count). The summed E-state index contributed by atoms with van der Waals surface area (Å²) in [6.45, 7) is 5.15. The lowest BCUT2D eigenvalue weighted by Crippen LogP contribution is -2.56. The van der Waals surface area contributed by atoms with E-state index in [-0.39, 0.29) is 44.8 Å². The number of nitrogens with zero attached hydrogens (tertiary/aromatic N) is 2. The highest BCUT2D eigenvalue weighted by molar-refractivity contribution is 5.96. The molecule has 1 saturated heterocycles. The summed E-state index contributed by atoms with van der Waals surface area (Å²) >= 11 is 0. The Kier molecular flexibility index (Phi) is 9.09. The van der Waals surface area contributed by atoms with Crippen molar-refractivity contribution in [1.29, 1.82) is 0 Å². The lowest BCUT2D eigenvalue weighted by atomic mass is 10.0. The van der Waals surface area contributed by atoms with Crippen molar-refractivity contribution in [2.75, 3.05) is 6.54 Å². The molecular formula is C32H41FN4O8. The van der Waals surface area contributed by atoms with Gasteiger partial charge in [0, 0.05) is 24.4 Å². The minimum atomic E-state index is -1.49. The predicted octanol–water partition coefficient (Wildman–Crippen LogP) is 3.62. The zero-order valence-corrected chi connectivity index (χ0v) is 25.8. The van der Waals surface area contributed by atoms with Gasteiger partial charge in [0.05, 0.1) is 13.1 Å². The first-order valence-electron chi connectivity index (χ1n) is 15.5. The molecule has 0 aromatic heterocycles. The van der Waals surface area contributed by atoms with Crippen LogP contribution in [0.25, 0.3) is 0 Å². The predicted molar refractivity (Wildman–Crippen MR) is 158 cm³/mol. The monoisotopic (exact) mass is 628 g/mol. The number of fused-ring (bicyclic) bond motifs is 3. The van der Waals surface area contributed by atoms with Crippen LogP contribution in [0.4, 0.5) is 14.0 Å². The van der Waals surface area contributed by atoms with Crippen LogP contribution in [0.15, 0.2) is 30.4 Å². The second-order valence-corrected chi connectivity index (χ2v) is 13.3. The van der Waals surface area contributed by atoms with Crippen LogP contribution >= 0.6 is 0 Å². The highest BCUT2D eigenvalue weighted by Gasteiger charge is 2.61. The molecule has 244 valence electrons. The molecule has 4 aliphatic rings. The lowest BCUT2D eigenvalue weighted by Gasteiger charge is -2.30. The van der Waals surface area contributed by atoms with E-state index in [1.807, 2.05) is 12.2 Å². The van der Waals surface area contributed by atoms with Crippen LogP contribution in [0, 0.1) is 11.7 Å². The van der Waals surface area contributed by atoms with E-state index in [2.05, 4.69) is 10.6 Å². The molecule has 13 heteroatoms. The Bertz CT molecular complexity index is 1390. The summed E-state index contributed by atoms with van der Waals surface area (Å²) in [5.41, 5.74) is -1.22. The number of rotatable bonds is 3. The number of alkyl carbamates (subject to hydrolysis) is 1. The molecule has 1 saturated carbocycles. The van der Waals surface area contributed by atoms with Gasteiger partial charge in [-0.25, -0.2) is 18.8 Å². The maximum atomic E-state index is 14.3. The number of nitrogens with one attached hydrogen (secondary N) is 2. The van der Waals surface area contributed by atoms with Crippen molar-refractivity contribution in [3.63, 3.8) is 0 Å². The summed E-state index contributed by atoms with van der Waals surface area (Å²) in [5.74, 6) is -3.20. The summed E-state index contributed by atoms with van der Waals surface area (Å²) in [5, 5.41) is 15.4. The van der Waals surface area contributed by atoms with Crippen LogP contribution < -0.4 is 10.6 Å². The van der Waals surface area contributed by atoms with Crippen LogP contribution in [0.5, 0.6) is 0 Å². The van der Waals surface area contributed by atoms with Crippen molar-refractivity contribution in [2.24, 2.45) is 5.92 Å². The second-order valence-electron chi connectivity index (χ2n) is 13.3. The molecule has 4 amide bonds. The average molecular weight is 629 g/mol. The third-order valence-corrected chi connectivity index (χ3v) is 8.76.